The van der Waals surface area contributed by atoms with E-state index in [1.807, 2.05) is 54.6 Å². The molecule has 0 aromatic heterocycles. The third kappa shape index (κ3) is 6.31. The molecule has 3 aromatic rings. The number of thiol groups is 1. The van der Waals surface area contributed by atoms with Gasteiger partial charge in [-0.25, -0.2) is 0 Å². The van der Waals surface area contributed by atoms with Crippen LogP contribution in [0.5, 0.6) is 0 Å². The molecule has 0 heterocycles. The summed E-state index contributed by atoms with van der Waals surface area (Å²) in [5, 5.41) is 7.05. The Hall–Kier alpha value is -2.56. The average Bonchev–Trinajstić information content (AvgIpc) is 2.80. The zero-order valence-corrected chi connectivity index (χ0v) is 21.9. The molecule has 180 valence electrons. The summed E-state index contributed by atoms with van der Waals surface area (Å²) in [6.45, 7) is 10.8. The van der Waals surface area contributed by atoms with E-state index in [-0.39, 0.29) is 16.9 Å². The van der Waals surface area contributed by atoms with Gasteiger partial charge in [-0.05, 0) is 42.4 Å². The van der Waals surface area contributed by atoms with Crippen molar-refractivity contribution in [3.05, 3.63) is 108 Å². The Bertz CT molecular complexity index is 947. The molecular formula is C30H38N2OS. The molecule has 34 heavy (non-hydrogen) atoms. The van der Waals surface area contributed by atoms with Crippen LogP contribution >= 0.6 is 12.6 Å². The number of rotatable bonds is 9. The van der Waals surface area contributed by atoms with Gasteiger partial charge in [0.25, 0.3) is 0 Å². The lowest BCUT2D eigenvalue weighted by Crippen LogP contribution is -2.59. The van der Waals surface area contributed by atoms with Crippen molar-refractivity contribution in [1.29, 1.82) is 0 Å². The Morgan fingerprint density at radius 1 is 0.735 bits per heavy atom. The Kier molecular flexibility index (Phi) is 8.27. The molecule has 4 heteroatoms. The van der Waals surface area contributed by atoms with Gasteiger partial charge in [-0.1, -0.05) is 112 Å². The van der Waals surface area contributed by atoms with E-state index in [1.165, 1.54) is 0 Å². The van der Waals surface area contributed by atoms with E-state index in [1.54, 1.807) is 0 Å². The van der Waals surface area contributed by atoms with E-state index >= 15 is 0 Å². The molecule has 3 rings (SSSR count). The summed E-state index contributed by atoms with van der Waals surface area (Å²) < 4.78 is 0. The summed E-state index contributed by atoms with van der Waals surface area (Å²) in [7, 11) is 0. The molecule has 0 fully saturated rings. The van der Waals surface area contributed by atoms with Crippen molar-refractivity contribution in [2.45, 2.75) is 58.2 Å². The van der Waals surface area contributed by atoms with Gasteiger partial charge < -0.3 is 5.32 Å². The van der Waals surface area contributed by atoms with Crippen molar-refractivity contribution in [2.24, 2.45) is 5.41 Å². The van der Waals surface area contributed by atoms with Crippen LogP contribution < -0.4 is 10.6 Å². The van der Waals surface area contributed by atoms with E-state index < -0.39 is 11.6 Å². The molecule has 1 unspecified atom stereocenters. The largest absolute Gasteiger partial charge is 0.350 e. The third-order valence-corrected chi connectivity index (χ3v) is 6.31. The summed E-state index contributed by atoms with van der Waals surface area (Å²) >= 11 is 4.62. The first-order chi connectivity index (χ1) is 16.1. The fourth-order valence-electron chi connectivity index (χ4n) is 5.06. The van der Waals surface area contributed by atoms with E-state index in [0.717, 1.165) is 23.1 Å². The van der Waals surface area contributed by atoms with Gasteiger partial charge >= 0.3 is 0 Å². The molecule has 1 atom stereocenters. The molecule has 3 aromatic carbocycles. The maximum atomic E-state index is 13.6. The molecule has 0 bridgehead atoms. The number of amides is 1. The summed E-state index contributed by atoms with van der Waals surface area (Å²) in [4.78, 5) is 13.6. The lowest BCUT2D eigenvalue weighted by atomic mass is 9.76. The first-order valence-electron chi connectivity index (χ1n) is 11.9. The van der Waals surface area contributed by atoms with Crippen LogP contribution in [0.3, 0.4) is 0 Å². The zero-order chi connectivity index (χ0) is 24.8. The van der Waals surface area contributed by atoms with Crippen molar-refractivity contribution in [3.8, 4) is 0 Å². The van der Waals surface area contributed by atoms with Crippen molar-refractivity contribution in [1.82, 2.24) is 10.6 Å². The highest BCUT2D eigenvalue weighted by Gasteiger charge is 2.40. The molecule has 2 N–H and O–H groups in total. The second-order valence-corrected chi connectivity index (χ2v) is 11.2. The van der Waals surface area contributed by atoms with Crippen LogP contribution in [0, 0.1) is 5.41 Å². The molecule has 1 amide bonds. The molecule has 0 saturated heterocycles. The number of carbonyl (C=O) groups excluding carboxylic acids is 1. The lowest BCUT2D eigenvalue weighted by molar-refractivity contribution is -0.124. The fourth-order valence-corrected chi connectivity index (χ4v) is 5.32. The van der Waals surface area contributed by atoms with Crippen molar-refractivity contribution in [3.63, 3.8) is 0 Å². The van der Waals surface area contributed by atoms with Crippen LogP contribution in [0.1, 0.15) is 57.7 Å². The molecule has 0 aliphatic heterocycles. The standard InChI is InChI=1S/C30H38N2OS/c1-28(2,3)22-29(4,5)32-27(33)26(21-34)31-30(23-15-9-6-10-16-23,24-17-11-7-12-18-24)25-19-13-8-14-20-25/h6-20,26,31,34H,21-22H2,1-5H3,(H,32,33). The normalized spacial score (nSPS) is 13.4. The summed E-state index contributed by atoms with van der Waals surface area (Å²) in [5.41, 5.74) is 2.25. The molecule has 0 saturated carbocycles. The fraction of sp³-hybridized carbons (Fsp3) is 0.367. The van der Waals surface area contributed by atoms with Crippen LogP contribution in [-0.4, -0.2) is 23.2 Å². The first kappa shape index (κ1) is 26.1. The van der Waals surface area contributed by atoms with E-state index in [4.69, 9.17) is 0 Å². The Balaban J connectivity index is 2.09. The van der Waals surface area contributed by atoms with Gasteiger partial charge in [0.05, 0.1) is 11.6 Å². The lowest BCUT2D eigenvalue weighted by Gasteiger charge is -2.41. The summed E-state index contributed by atoms with van der Waals surface area (Å²) in [6.07, 6.45) is 0.867. The van der Waals surface area contributed by atoms with E-state index in [0.29, 0.717) is 5.75 Å². The Morgan fingerprint density at radius 2 is 1.12 bits per heavy atom. The van der Waals surface area contributed by atoms with Gasteiger partial charge in [0.2, 0.25) is 5.91 Å². The predicted molar refractivity (Wildman–Crippen MR) is 146 cm³/mol. The van der Waals surface area contributed by atoms with Gasteiger partial charge in [-0.3, -0.25) is 10.1 Å². The molecule has 0 aliphatic carbocycles. The highest BCUT2D eigenvalue weighted by Crippen LogP contribution is 2.37. The van der Waals surface area contributed by atoms with Gasteiger partial charge in [-0.15, -0.1) is 0 Å². The van der Waals surface area contributed by atoms with Crippen LogP contribution in [0.25, 0.3) is 0 Å². The van der Waals surface area contributed by atoms with Crippen LogP contribution in [-0.2, 0) is 10.3 Å². The van der Waals surface area contributed by atoms with Crippen LogP contribution in [0.2, 0.25) is 0 Å². The molecule has 0 radical (unpaired) electrons. The number of benzene rings is 3. The predicted octanol–water partition coefficient (Wildman–Crippen LogP) is 6.20. The molecule has 0 aliphatic rings. The molecule has 3 nitrogen and oxygen atoms in total. The quantitative estimate of drug-likeness (QED) is 0.255. The summed E-state index contributed by atoms with van der Waals surface area (Å²) in [6, 6.07) is 30.5. The van der Waals surface area contributed by atoms with Gasteiger partial charge in [0.15, 0.2) is 0 Å². The van der Waals surface area contributed by atoms with Crippen molar-refractivity contribution in [2.75, 3.05) is 5.75 Å². The maximum Gasteiger partial charge on any atom is 0.238 e. The van der Waals surface area contributed by atoms with Gasteiger partial charge in [0, 0.05) is 11.3 Å². The van der Waals surface area contributed by atoms with E-state index in [9.17, 15) is 4.79 Å². The Morgan fingerprint density at radius 3 is 1.44 bits per heavy atom. The Labute approximate surface area is 210 Å². The SMILES string of the molecule is CC(C)(C)CC(C)(C)NC(=O)C(CS)NC(c1ccccc1)(c1ccccc1)c1ccccc1. The monoisotopic (exact) mass is 474 g/mol. The minimum Gasteiger partial charge on any atom is -0.350 e. The minimum atomic E-state index is -0.720. The molecule has 0 spiro atoms. The average molecular weight is 475 g/mol. The van der Waals surface area contributed by atoms with Gasteiger partial charge in [0.1, 0.15) is 0 Å². The van der Waals surface area contributed by atoms with Gasteiger partial charge in [-0.2, -0.15) is 12.6 Å². The first-order valence-corrected chi connectivity index (χ1v) is 12.6. The zero-order valence-electron chi connectivity index (χ0n) is 21.0. The smallest absolute Gasteiger partial charge is 0.238 e. The molecular weight excluding hydrogens is 436 g/mol. The highest BCUT2D eigenvalue weighted by molar-refractivity contribution is 7.80. The highest BCUT2D eigenvalue weighted by atomic mass is 32.1. The van der Waals surface area contributed by atoms with E-state index in [2.05, 4.69) is 94.3 Å². The van der Waals surface area contributed by atoms with Crippen molar-refractivity contribution < 1.29 is 4.79 Å². The topological polar surface area (TPSA) is 41.1 Å². The third-order valence-electron chi connectivity index (χ3n) is 5.94. The van der Waals surface area contributed by atoms with Crippen LogP contribution in [0.15, 0.2) is 91.0 Å². The second-order valence-electron chi connectivity index (χ2n) is 10.8. The number of hydrogen-bond donors (Lipinski definition) is 3. The van der Waals surface area contributed by atoms with Crippen LogP contribution in [0.4, 0.5) is 0 Å². The second kappa shape index (κ2) is 10.8. The van der Waals surface area contributed by atoms with Crippen molar-refractivity contribution >= 4 is 18.5 Å². The number of hydrogen-bond acceptors (Lipinski definition) is 3. The summed E-state index contributed by atoms with van der Waals surface area (Å²) in [5.74, 6) is 0.322. The number of carbonyl (C=O) groups is 1. The number of nitrogens with one attached hydrogen (secondary N) is 2. The minimum absolute atomic E-state index is 0.0450. The maximum absolute atomic E-state index is 13.6.